The number of anilines is 1. The number of aryl methyl sites for hydroxylation is 1. The van der Waals surface area contributed by atoms with Crippen molar-refractivity contribution in [2.75, 3.05) is 5.32 Å². The number of carbonyl (C=O) groups excluding carboxylic acids is 1. The quantitative estimate of drug-likeness (QED) is 0.511. The molecule has 2 heterocycles. The van der Waals surface area contributed by atoms with E-state index in [-0.39, 0.29) is 16.4 Å². The average molecular weight is 448 g/mol. The summed E-state index contributed by atoms with van der Waals surface area (Å²) in [5.41, 5.74) is -0.903. The number of benzene rings is 2. The third-order valence-electron chi connectivity index (χ3n) is 4.33. The molecular formula is C19H13ClF3N7O. The Labute approximate surface area is 178 Å². The Morgan fingerprint density at radius 2 is 1.90 bits per heavy atom. The number of hydrogen-bond donors (Lipinski definition) is 1. The minimum atomic E-state index is -4.84. The molecule has 0 atom stereocenters. The summed E-state index contributed by atoms with van der Waals surface area (Å²) in [5.74, 6) is -0.533. The molecule has 1 N–H and O–H groups in total. The predicted octanol–water partition coefficient (Wildman–Crippen LogP) is 3.99. The van der Waals surface area contributed by atoms with Crippen molar-refractivity contribution < 1.29 is 18.0 Å². The number of halogens is 4. The number of rotatable bonds is 4. The zero-order chi connectivity index (χ0) is 22.2. The Kier molecular flexibility index (Phi) is 5.19. The van der Waals surface area contributed by atoms with Crippen molar-refractivity contribution in [2.45, 2.75) is 6.18 Å². The van der Waals surface area contributed by atoms with E-state index in [1.165, 1.54) is 28.9 Å². The highest BCUT2D eigenvalue weighted by Crippen LogP contribution is 2.34. The first-order chi connectivity index (χ1) is 14.7. The number of nitrogens with zero attached hydrogens (tertiary/aromatic N) is 6. The number of amides is 1. The van der Waals surface area contributed by atoms with Gasteiger partial charge in [0.25, 0.3) is 5.91 Å². The molecule has 0 saturated carbocycles. The van der Waals surface area contributed by atoms with Crippen LogP contribution in [-0.4, -0.2) is 35.9 Å². The summed E-state index contributed by atoms with van der Waals surface area (Å²) in [6, 6.07) is 12.2. The number of nitrogens with one attached hydrogen (secondary N) is 1. The first-order valence-corrected chi connectivity index (χ1v) is 9.17. The normalized spacial score (nSPS) is 11.5. The summed E-state index contributed by atoms with van der Waals surface area (Å²) in [7, 11) is 1.64. The Hall–Kier alpha value is -3.73. The van der Waals surface area contributed by atoms with Gasteiger partial charge in [0.1, 0.15) is 0 Å². The minimum absolute atomic E-state index is 0.0793. The van der Waals surface area contributed by atoms with Gasteiger partial charge < -0.3 is 5.32 Å². The molecule has 0 spiro atoms. The van der Waals surface area contributed by atoms with Crippen LogP contribution in [0.5, 0.6) is 0 Å². The lowest BCUT2D eigenvalue weighted by Gasteiger charge is -2.13. The largest absolute Gasteiger partial charge is 0.434 e. The number of aromatic nitrogens is 6. The van der Waals surface area contributed by atoms with Crippen molar-refractivity contribution in [3.8, 4) is 17.1 Å². The van der Waals surface area contributed by atoms with E-state index >= 15 is 0 Å². The molecule has 1 amide bonds. The first-order valence-electron chi connectivity index (χ1n) is 8.79. The maximum absolute atomic E-state index is 13.8. The van der Waals surface area contributed by atoms with Gasteiger partial charge in [0.05, 0.1) is 17.4 Å². The molecule has 8 nitrogen and oxygen atoms in total. The number of tetrazole rings is 1. The molecule has 4 rings (SSSR count). The number of carbonyl (C=O) groups is 1. The molecule has 0 bridgehead atoms. The zero-order valence-electron chi connectivity index (χ0n) is 15.8. The molecule has 4 aromatic rings. The van der Waals surface area contributed by atoms with Crippen molar-refractivity contribution in [1.29, 1.82) is 0 Å². The third-order valence-corrected chi connectivity index (χ3v) is 4.57. The van der Waals surface area contributed by atoms with Crippen LogP contribution in [0.15, 0.2) is 54.7 Å². The second-order valence-electron chi connectivity index (χ2n) is 6.46. The van der Waals surface area contributed by atoms with Crippen LogP contribution in [-0.2, 0) is 13.2 Å². The lowest BCUT2D eigenvalue weighted by molar-refractivity contribution is -0.143. The van der Waals surface area contributed by atoms with Crippen LogP contribution in [0.1, 0.15) is 16.1 Å². The van der Waals surface area contributed by atoms with Gasteiger partial charge in [-0.2, -0.15) is 18.3 Å². The van der Waals surface area contributed by atoms with Gasteiger partial charge in [-0.05, 0) is 40.8 Å². The smallest absolute Gasteiger partial charge is 0.322 e. The maximum Gasteiger partial charge on any atom is 0.434 e. The van der Waals surface area contributed by atoms with E-state index in [0.717, 1.165) is 6.20 Å². The van der Waals surface area contributed by atoms with Crippen LogP contribution in [0.4, 0.5) is 18.9 Å². The molecule has 0 unspecified atom stereocenters. The molecular weight excluding hydrogens is 435 g/mol. The van der Waals surface area contributed by atoms with Gasteiger partial charge in [-0.3, -0.25) is 4.79 Å². The summed E-state index contributed by atoms with van der Waals surface area (Å²) in [4.78, 5) is 12.7. The van der Waals surface area contributed by atoms with Crippen LogP contribution < -0.4 is 5.32 Å². The summed E-state index contributed by atoms with van der Waals surface area (Å²) in [6.07, 6.45) is -3.97. The topological polar surface area (TPSA) is 90.5 Å². The van der Waals surface area contributed by atoms with Crippen LogP contribution in [0, 0.1) is 0 Å². The average Bonchev–Trinajstić information content (AvgIpc) is 3.34. The summed E-state index contributed by atoms with van der Waals surface area (Å²) in [6.45, 7) is 0. The maximum atomic E-state index is 13.8. The first kappa shape index (κ1) is 20.5. The summed E-state index contributed by atoms with van der Waals surface area (Å²) in [5, 5.41) is 17.6. The molecule has 158 valence electrons. The van der Waals surface area contributed by atoms with Crippen LogP contribution in [0.3, 0.4) is 0 Å². The molecule has 0 radical (unpaired) electrons. The highest BCUT2D eigenvalue weighted by molar-refractivity contribution is 6.30. The van der Waals surface area contributed by atoms with Crippen LogP contribution in [0.25, 0.3) is 17.1 Å². The Bertz CT molecular complexity index is 1270. The van der Waals surface area contributed by atoms with E-state index < -0.39 is 23.3 Å². The van der Waals surface area contributed by atoms with Crippen molar-refractivity contribution in [3.63, 3.8) is 0 Å². The van der Waals surface area contributed by atoms with E-state index in [4.69, 9.17) is 11.6 Å². The Balaban J connectivity index is 1.69. The Morgan fingerprint density at radius 1 is 1.13 bits per heavy atom. The van der Waals surface area contributed by atoms with Gasteiger partial charge in [0.2, 0.25) is 0 Å². The fourth-order valence-electron chi connectivity index (χ4n) is 3.00. The molecule has 12 heteroatoms. The monoisotopic (exact) mass is 447 g/mol. The van der Waals surface area contributed by atoms with Gasteiger partial charge in [0.15, 0.2) is 11.5 Å². The van der Waals surface area contributed by atoms with Gasteiger partial charge in [0, 0.05) is 23.3 Å². The molecule has 2 aromatic carbocycles. The van der Waals surface area contributed by atoms with Crippen molar-refractivity contribution in [3.05, 3.63) is 71.0 Å². The Morgan fingerprint density at radius 3 is 2.58 bits per heavy atom. The molecule has 0 fully saturated rings. The van der Waals surface area contributed by atoms with E-state index in [0.29, 0.717) is 16.1 Å². The molecule has 0 saturated heterocycles. The van der Waals surface area contributed by atoms with Gasteiger partial charge in [-0.15, -0.1) is 5.10 Å². The van der Waals surface area contributed by atoms with E-state index in [1.807, 2.05) is 0 Å². The van der Waals surface area contributed by atoms with Crippen LogP contribution >= 0.6 is 11.6 Å². The second-order valence-corrected chi connectivity index (χ2v) is 6.89. The fourth-order valence-corrected chi connectivity index (χ4v) is 3.18. The summed E-state index contributed by atoms with van der Waals surface area (Å²) < 4.78 is 43.5. The highest BCUT2D eigenvalue weighted by Gasteiger charge is 2.40. The standard InChI is InChI=1S/C19H13ClF3N7O/c1-29-17(26-27-28-29)11-4-2-6-13(8-11)25-18(31)15-10-24-30(16(15)19(21,22)23)14-7-3-5-12(20)9-14/h2-10H,1H3,(H,25,31). The molecule has 0 aliphatic carbocycles. The van der Waals surface area contributed by atoms with Crippen molar-refractivity contribution >= 4 is 23.2 Å². The van der Waals surface area contributed by atoms with E-state index in [1.54, 1.807) is 31.3 Å². The van der Waals surface area contributed by atoms with Crippen molar-refractivity contribution in [1.82, 2.24) is 30.0 Å². The molecule has 0 aliphatic heterocycles. The number of hydrogen-bond acceptors (Lipinski definition) is 5. The van der Waals surface area contributed by atoms with E-state index in [9.17, 15) is 18.0 Å². The number of alkyl halides is 3. The van der Waals surface area contributed by atoms with Crippen LogP contribution in [0.2, 0.25) is 5.02 Å². The summed E-state index contributed by atoms with van der Waals surface area (Å²) >= 11 is 5.89. The lowest BCUT2D eigenvalue weighted by Crippen LogP contribution is -2.20. The third kappa shape index (κ3) is 4.12. The van der Waals surface area contributed by atoms with Gasteiger partial charge >= 0.3 is 6.18 Å². The fraction of sp³-hybridized carbons (Fsp3) is 0.105. The van der Waals surface area contributed by atoms with Gasteiger partial charge in [-0.1, -0.05) is 29.8 Å². The molecule has 2 aromatic heterocycles. The van der Waals surface area contributed by atoms with Gasteiger partial charge in [-0.25, -0.2) is 9.36 Å². The minimum Gasteiger partial charge on any atom is -0.322 e. The zero-order valence-corrected chi connectivity index (χ0v) is 16.6. The SMILES string of the molecule is Cn1nnnc1-c1cccc(NC(=O)c2cnn(-c3cccc(Cl)c3)c2C(F)(F)F)c1. The molecule has 0 aliphatic rings. The predicted molar refractivity (Wildman–Crippen MR) is 106 cm³/mol. The lowest BCUT2D eigenvalue weighted by atomic mass is 10.1. The van der Waals surface area contributed by atoms with Crippen molar-refractivity contribution in [2.24, 2.45) is 7.05 Å². The second kappa shape index (κ2) is 7.84. The highest BCUT2D eigenvalue weighted by atomic mass is 35.5. The molecule has 31 heavy (non-hydrogen) atoms. The van der Waals surface area contributed by atoms with E-state index in [2.05, 4.69) is 25.9 Å².